The number of aromatic nitrogens is 2. The number of amides is 1. The van der Waals surface area contributed by atoms with Gasteiger partial charge in [-0.2, -0.15) is 4.98 Å². The fraction of sp³-hybridized carbons (Fsp3) is 0.364. The summed E-state index contributed by atoms with van der Waals surface area (Å²) in [5, 5.41) is 21.2. The first-order valence-electron chi connectivity index (χ1n) is 10.5. The van der Waals surface area contributed by atoms with Crippen molar-refractivity contribution in [1.29, 1.82) is 10.8 Å². The summed E-state index contributed by atoms with van der Waals surface area (Å²) < 4.78 is 5.82. The Kier molecular flexibility index (Phi) is 8.38. The Morgan fingerprint density at radius 3 is 2.97 bits per heavy atom. The lowest BCUT2D eigenvalue weighted by molar-refractivity contribution is -0.128. The number of carbonyl (C=O) groups is 1. The Hall–Kier alpha value is -3.66. The smallest absolute Gasteiger partial charge is 0.251 e. The van der Waals surface area contributed by atoms with E-state index in [1.807, 2.05) is 29.2 Å². The van der Waals surface area contributed by atoms with Crippen LogP contribution in [-0.4, -0.2) is 72.2 Å². The van der Waals surface area contributed by atoms with Crippen LogP contribution in [0.3, 0.4) is 0 Å². The molecule has 0 radical (unpaired) electrons. The van der Waals surface area contributed by atoms with Crippen molar-refractivity contribution >= 4 is 35.8 Å². The number of hydrogen-bond acceptors (Lipinski definition) is 9. The zero-order chi connectivity index (χ0) is 22.8. The second-order valence-electron chi connectivity index (χ2n) is 7.23. The molecule has 1 aromatic carbocycles. The van der Waals surface area contributed by atoms with Crippen molar-refractivity contribution in [3.63, 3.8) is 0 Å². The predicted octanol–water partition coefficient (Wildman–Crippen LogP) is 2.03. The van der Waals surface area contributed by atoms with Crippen LogP contribution in [0.1, 0.15) is 24.0 Å². The highest BCUT2D eigenvalue weighted by Gasteiger charge is 2.19. The van der Waals surface area contributed by atoms with Crippen LogP contribution in [0, 0.1) is 10.8 Å². The number of benzene rings is 1. The topological polar surface area (TPSA) is 139 Å². The van der Waals surface area contributed by atoms with Gasteiger partial charge in [0.1, 0.15) is 18.2 Å². The van der Waals surface area contributed by atoms with E-state index < -0.39 is 0 Å². The molecule has 0 unspecified atom stereocenters. The molecule has 0 spiro atoms. The Morgan fingerprint density at radius 1 is 1.38 bits per heavy atom. The van der Waals surface area contributed by atoms with Crippen LogP contribution in [0.4, 0.5) is 11.8 Å². The van der Waals surface area contributed by atoms with Crippen molar-refractivity contribution in [2.45, 2.75) is 19.4 Å². The fourth-order valence-corrected chi connectivity index (χ4v) is 3.26. The molecule has 1 aliphatic heterocycles. The van der Waals surface area contributed by atoms with E-state index in [0.29, 0.717) is 49.8 Å². The quantitative estimate of drug-likeness (QED) is 0.375. The van der Waals surface area contributed by atoms with Gasteiger partial charge in [-0.3, -0.25) is 4.79 Å². The molecule has 4 N–H and O–H groups in total. The summed E-state index contributed by atoms with van der Waals surface area (Å²) in [5.74, 6) is 1.64. The molecule has 0 bridgehead atoms. The number of likely N-dealkylation sites (tertiary alicyclic amines) is 1. The van der Waals surface area contributed by atoms with Gasteiger partial charge in [0.15, 0.2) is 0 Å². The minimum absolute atomic E-state index is 0.195. The monoisotopic (exact) mass is 436 g/mol. The molecule has 0 aliphatic carbocycles. The van der Waals surface area contributed by atoms with E-state index in [1.54, 1.807) is 7.05 Å². The molecule has 0 saturated carbocycles. The average Bonchev–Trinajstić information content (AvgIpc) is 3.22. The van der Waals surface area contributed by atoms with Gasteiger partial charge >= 0.3 is 0 Å². The number of rotatable bonds is 12. The molecule has 32 heavy (non-hydrogen) atoms. The first-order valence-corrected chi connectivity index (χ1v) is 10.5. The summed E-state index contributed by atoms with van der Waals surface area (Å²) in [6, 6.07) is 7.70. The van der Waals surface area contributed by atoms with Crippen LogP contribution in [-0.2, 0) is 11.3 Å². The van der Waals surface area contributed by atoms with E-state index in [9.17, 15) is 4.79 Å². The number of aliphatic imine (C=N–C) groups is 1. The largest absolute Gasteiger partial charge is 0.492 e. The van der Waals surface area contributed by atoms with Crippen molar-refractivity contribution in [1.82, 2.24) is 20.2 Å². The highest BCUT2D eigenvalue weighted by atomic mass is 16.5. The van der Waals surface area contributed by atoms with E-state index in [-0.39, 0.29) is 11.9 Å². The van der Waals surface area contributed by atoms with E-state index in [0.717, 1.165) is 30.5 Å². The summed E-state index contributed by atoms with van der Waals surface area (Å²) >= 11 is 0. The predicted molar refractivity (Wildman–Crippen MR) is 125 cm³/mol. The Balaban J connectivity index is 1.62. The zero-order valence-electron chi connectivity index (χ0n) is 18.1. The zero-order valence-corrected chi connectivity index (χ0v) is 18.1. The minimum Gasteiger partial charge on any atom is -0.492 e. The summed E-state index contributed by atoms with van der Waals surface area (Å²) in [4.78, 5) is 26.3. The average molecular weight is 437 g/mol. The third-order valence-electron chi connectivity index (χ3n) is 4.89. The van der Waals surface area contributed by atoms with Gasteiger partial charge in [0.05, 0.1) is 17.8 Å². The number of carbonyl (C=O) groups excluding carboxylic acids is 1. The van der Waals surface area contributed by atoms with Crippen molar-refractivity contribution in [3.05, 3.63) is 41.6 Å². The maximum atomic E-state index is 11.7. The third-order valence-corrected chi connectivity index (χ3v) is 4.89. The lowest BCUT2D eigenvalue weighted by atomic mass is 10.2. The van der Waals surface area contributed by atoms with Gasteiger partial charge in [0, 0.05) is 44.7 Å². The van der Waals surface area contributed by atoms with Crippen LogP contribution in [0.15, 0.2) is 35.5 Å². The van der Waals surface area contributed by atoms with Gasteiger partial charge < -0.3 is 31.1 Å². The van der Waals surface area contributed by atoms with Crippen molar-refractivity contribution in [2.24, 2.45) is 4.99 Å². The first kappa shape index (κ1) is 23.0. The molecule has 0 atom stereocenters. The Bertz CT molecular complexity index is 992. The van der Waals surface area contributed by atoms with E-state index in [4.69, 9.17) is 15.6 Å². The highest BCUT2D eigenvalue weighted by molar-refractivity contribution is 6.31. The van der Waals surface area contributed by atoms with Gasteiger partial charge in [-0.25, -0.2) is 9.98 Å². The lowest BCUT2D eigenvalue weighted by Crippen LogP contribution is -2.29. The first-order chi connectivity index (χ1) is 15.6. The Morgan fingerprint density at radius 2 is 2.25 bits per heavy atom. The summed E-state index contributed by atoms with van der Waals surface area (Å²) in [6.45, 7) is 2.76. The maximum Gasteiger partial charge on any atom is 0.251 e. The summed E-state index contributed by atoms with van der Waals surface area (Å²) in [7, 11) is 1.77. The van der Waals surface area contributed by atoms with Gasteiger partial charge in [0.25, 0.3) is 5.95 Å². The molecule has 10 nitrogen and oxygen atoms in total. The molecule has 1 amide bonds. The highest BCUT2D eigenvalue weighted by Crippen LogP contribution is 2.18. The number of anilines is 1. The normalized spacial score (nSPS) is 13.8. The molecule has 1 fully saturated rings. The molecule has 1 saturated heterocycles. The van der Waals surface area contributed by atoms with Crippen LogP contribution in [0.2, 0.25) is 0 Å². The van der Waals surface area contributed by atoms with E-state index >= 15 is 0 Å². The summed E-state index contributed by atoms with van der Waals surface area (Å²) in [6.07, 6.45) is 5.42. The molecular weight excluding hydrogens is 408 g/mol. The van der Waals surface area contributed by atoms with Crippen molar-refractivity contribution in [3.8, 4) is 5.75 Å². The van der Waals surface area contributed by atoms with Gasteiger partial charge in [-0.05, 0) is 31.2 Å². The molecule has 2 heterocycles. The van der Waals surface area contributed by atoms with Gasteiger partial charge in [0.2, 0.25) is 5.91 Å². The molecule has 168 valence electrons. The lowest BCUT2D eigenvalue weighted by Gasteiger charge is -2.16. The standard InChI is InChI=1S/C22H28N8O2/c1-25-15-18(12-24)28-22-27-14-17(11-23)21(29-22)26-13-16-4-2-5-19(10-16)32-9-8-30-7-3-6-20(30)31/h2,4-5,10-12,14,23-25H,3,6-9,13,15H2,1H3,(H,26,27,29). The number of ether oxygens (including phenoxy) is 1. The number of nitrogens with one attached hydrogen (secondary N) is 4. The van der Waals surface area contributed by atoms with Gasteiger partial charge in [-0.15, -0.1) is 0 Å². The van der Waals surface area contributed by atoms with Crippen LogP contribution in [0.5, 0.6) is 5.75 Å². The van der Waals surface area contributed by atoms with E-state index in [1.165, 1.54) is 12.4 Å². The van der Waals surface area contributed by atoms with E-state index in [2.05, 4.69) is 25.6 Å². The van der Waals surface area contributed by atoms with Crippen LogP contribution < -0.4 is 15.4 Å². The second kappa shape index (κ2) is 11.7. The fourth-order valence-electron chi connectivity index (χ4n) is 3.26. The van der Waals surface area contributed by atoms with Gasteiger partial charge in [-0.1, -0.05) is 12.1 Å². The number of nitrogens with zero attached hydrogens (tertiary/aromatic N) is 4. The molecule has 2 aromatic rings. The maximum absolute atomic E-state index is 11.7. The third kappa shape index (κ3) is 6.42. The number of hydrogen-bond donors (Lipinski definition) is 4. The minimum atomic E-state index is 0.195. The molecule has 3 rings (SSSR count). The molecule has 10 heteroatoms. The molecular formula is C22H28N8O2. The molecule has 1 aromatic heterocycles. The van der Waals surface area contributed by atoms with Crippen LogP contribution in [0.25, 0.3) is 0 Å². The summed E-state index contributed by atoms with van der Waals surface area (Å²) in [5.41, 5.74) is 2.02. The second-order valence-corrected chi connectivity index (χ2v) is 7.23. The van der Waals surface area contributed by atoms with Crippen molar-refractivity contribution < 1.29 is 9.53 Å². The molecule has 1 aliphatic rings. The SMILES string of the molecule is CNCC(C=N)=Nc1ncc(C=N)c(NCc2cccc(OCCN3CCCC3=O)c2)n1. The van der Waals surface area contributed by atoms with Crippen LogP contribution >= 0.6 is 0 Å². The van der Waals surface area contributed by atoms with Crippen molar-refractivity contribution in [2.75, 3.05) is 38.6 Å². The Labute approximate surface area is 187 Å².